The van der Waals surface area contributed by atoms with E-state index >= 15 is 0 Å². The second-order valence-electron chi connectivity index (χ2n) is 7.12. The minimum absolute atomic E-state index is 0.0480. The van der Waals surface area contributed by atoms with Crippen molar-refractivity contribution in [1.29, 1.82) is 0 Å². The van der Waals surface area contributed by atoms with E-state index in [-0.39, 0.29) is 11.9 Å². The summed E-state index contributed by atoms with van der Waals surface area (Å²) in [5.74, 6) is 0.189. The van der Waals surface area contributed by atoms with Gasteiger partial charge in [0.2, 0.25) is 5.91 Å². The Hall–Kier alpha value is -1.26. The van der Waals surface area contributed by atoms with E-state index in [1.807, 2.05) is 19.1 Å². The van der Waals surface area contributed by atoms with Crippen molar-refractivity contribution in [3.8, 4) is 0 Å². The minimum Gasteiger partial charge on any atom is -0.369 e. The summed E-state index contributed by atoms with van der Waals surface area (Å²) < 4.78 is 0. The van der Waals surface area contributed by atoms with Gasteiger partial charge in [-0.3, -0.25) is 9.69 Å². The molecule has 0 aromatic heterocycles. The molecule has 2 fully saturated rings. The average molecular weight is 350 g/mol. The van der Waals surface area contributed by atoms with Gasteiger partial charge in [-0.25, -0.2) is 0 Å². The maximum atomic E-state index is 12.5. The van der Waals surface area contributed by atoms with Gasteiger partial charge in [-0.05, 0) is 44.4 Å². The Morgan fingerprint density at radius 3 is 2.54 bits per heavy atom. The van der Waals surface area contributed by atoms with E-state index in [2.05, 4.69) is 28.1 Å². The van der Waals surface area contributed by atoms with Crippen molar-refractivity contribution >= 4 is 23.2 Å². The van der Waals surface area contributed by atoms with Crippen molar-refractivity contribution in [3.63, 3.8) is 0 Å². The molecule has 24 heavy (non-hydrogen) atoms. The molecule has 0 spiro atoms. The number of halogens is 1. The van der Waals surface area contributed by atoms with Crippen molar-refractivity contribution < 1.29 is 4.79 Å². The molecule has 1 aromatic carbocycles. The fraction of sp³-hybridized carbons (Fsp3) is 0.632. The molecule has 1 aliphatic heterocycles. The molecule has 0 unspecified atom stereocenters. The summed E-state index contributed by atoms with van der Waals surface area (Å²) in [7, 11) is 0. The minimum atomic E-state index is -0.0480. The van der Waals surface area contributed by atoms with Crippen molar-refractivity contribution in [2.75, 3.05) is 31.1 Å². The lowest BCUT2D eigenvalue weighted by Gasteiger charge is -2.39. The summed E-state index contributed by atoms with van der Waals surface area (Å²) in [6.07, 6.45) is 4.77. The predicted octanol–water partition coefficient (Wildman–Crippen LogP) is 3.22. The second-order valence-corrected chi connectivity index (χ2v) is 7.56. The maximum Gasteiger partial charge on any atom is 0.237 e. The van der Waals surface area contributed by atoms with E-state index < -0.39 is 0 Å². The number of carbonyl (C=O) groups is 1. The normalized spacial score (nSPS) is 21.0. The predicted molar refractivity (Wildman–Crippen MR) is 99.8 cm³/mol. The van der Waals surface area contributed by atoms with Crippen LogP contribution in [0.4, 0.5) is 5.69 Å². The summed E-state index contributed by atoms with van der Waals surface area (Å²) in [6, 6.07) is 6.40. The quantitative estimate of drug-likeness (QED) is 0.906. The van der Waals surface area contributed by atoms with Crippen LogP contribution in [0.25, 0.3) is 0 Å². The summed E-state index contributed by atoms with van der Waals surface area (Å²) >= 11 is 6.15. The molecule has 1 heterocycles. The van der Waals surface area contributed by atoms with E-state index in [0.29, 0.717) is 6.04 Å². The van der Waals surface area contributed by atoms with Gasteiger partial charge in [-0.15, -0.1) is 0 Å². The Kier molecular flexibility index (Phi) is 5.67. The zero-order valence-electron chi connectivity index (χ0n) is 14.7. The third kappa shape index (κ3) is 4.04. The zero-order chi connectivity index (χ0) is 17.1. The largest absolute Gasteiger partial charge is 0.369 e. The van der Waals surface area contributed by atoms with Gasteiger partial charge >= 0.3 is 0 Å². The van der Waals surface area contributed by atoms with Crippen LogP contribution in [-0.2, 0) is 4.79 Å². The average Bonchev–Trinajstić information content (AvgIpc) is 3.09. The Bertz CT molecular complexity index is 578. The van der Waals surface area contributed by atoms with Crippen LogP contribution in [0.2, 0.25) is 5.02 Å². The van der Waals surface area contributed by atoms with Gasteiger partial charge in [0.05, 0.1) is 6.04 Å². The third-order valence-electron chi connectivity index (χ3n) is 5.45. The lowest BCUT2D eigenvalue weighted by molar-refractivity contribution is -0.126. The van der Waals surface area contributed by atoms with Crippen LogP contribution in [0, 0.1) is 6.92 Å². The first-order valence-corrected chi connectivity index (χ1v) is 9.48. The fourth-order valence-electron chi connectivity index (χ4n) is 3.83. The van der Waals surface area contributed by atoms with Gasteiger partial charge in [0.1, 0.15) is 0 Å². The topological polar surface area (TPSA) is 35.6 Å². The number of hydrogen-bond donors (Lipinski definition) is 1. The Balaban J connectivity index is 1.54. The van der Waals surface area contributed by atoms with Gasteiger partial charge in [-0.2, -0.15) is 0 Å². The highest BCUT2D eigenvalue weighted by Crippen LogP contribution is 2.25. The zero-order valence-corrected chi connectivity index (χ0v) is 15.5. The van der Waals surface area contributed by atoms with E-state index in [1.54, 1.807) is 0 Å². The van der Waals surface area contributed by atoms with Gasteiger partial charge in [0.15, 0.2) is 0 Å². The molecular formula is C19H28ClN3O. The molecule has 1 N–H and O–H groups in total. The fourth-order valence-corrected chi connectivity index (χ4v) is 4.00. The van der Waals surface area contributed by atoms with Crippen molar-refractivity contribution in [2.24, 2.45) is 0 Å². The number of nitrogens with zero attached hydrogens (tertiary/aromatic N) is 2. The van der Waals surface area contributed by atoms with Gasteiger partial charge in [0.25, 0.3) is 0 Å². The van der Waals surface area contributed by atoms with Crippen molar-refractivity contribution in [2.45, 2.75) is 51.6 Å². The number of piperazine rings is 1. The summed E-state index contributed by atoms with van der Waals surface area (Å²) in [6.45, 7) is 7.83. The second kappa shape index (κ2) is 7.75. The molecule has 1 saturated heterocycles. The molecule has 1 atom stereocenters. The SMILES string of the molecule is Cc1ccc(Cl)cc1N1CCN([C@@H](C)C(=O)NC2CCCC2)CC1. The highest BCUT2D eigenvalue weighted by atomic mass is 35.5. The van der Waals surface area contributed by atoms with Crippen LogP contribution < -0.4 is 10.2 Å². The Morgan fingerprint density at radius 1 is 1.21 bits per heavy atom. The van der Waals surface area contributed by atoms with Gasteiger partial charge in [0, 0.05) is 42.9 Å². The van der Waals surface area contributed by atoms with E-state index in [9.17, 15) is 4.79 Å². The molecule has 1 aromatic rings. The smallest absolute Gasteiger partial charge is 0.237 e. The van der Waals surface area contributed by atoms with Crippen molar-refractivity contribution in [3.05, 3.63) is 28.8 Å². The Labute approximate surface area is 150 Å². The lowest BCUT2D eigenvalue weighted by Crippen LogP contribution is -2.55. The summed E-state index contributed by atoms with van der Waals surface area (Å²) in [4.78, 5) is 17.1. The van der Waals surface area contributed by atoms with Gasteiger partial charge < -0.3 is 10.2 Å². The molecule has 0 radical (unpaired) electrons. The van der Waals surface area contributed by atoms with E-state index in [4.69, 9.17) is 11.6 Å². The van der Waals surface area contributed by atoms with Crippen LogP contribution in [0.1, 0.15) is 38.2 Å². The van der Waals surface area contributed by atoms with Crippen LogP contribution in [-0.4, -0.2) is 49.1 Å². The number of hydrogen-bond acceptors (Lipinski definition) is 3. The van der Waals surface area contributed by atoms with E-state index in [1.165, 1.54) is 24.1 Å². The van der Waals surface area contributed by atoms with Crippen LogP contribution in [0.15, 0.2) is 18.2 Å². The number of amides is 1. The Morgan fingerprint density at radius 2 is 1.88 bits per heavy atom. The first-order chi connectivity index (χ1) is 11.5. The summed E-state index contributed by atoms with van der Waals surface area (Å²) in [5, 5.41) is 4.00. The number of benzene rings is 1. The molecule has 0 bridgehead atoms. The first kappa shape index (κ1) is 17.6. The third-order valence-corrected chi connectivity index (χ3v) is 5.69. The standard InChI is InChI=1S/C19H28ClN3O/c1-14-7-8-16(20)13-18(14)23-11-9-22(10-12-23)15(2)19(24)21-17-5-3-4-6-17/h7-8,13,15,17H,3-6,9-12H2,1-2H3,(H,21,24)/t15-/m0/s1. The number of carbonyl (C=O) groups excluding carboxylic acids is 1. The molecule has 3 rings (SSSR count). The van der Waals surface area contributed by atoms with Gasteiger partial charge in [-0.1, -0.05) is 30.5 Å². The van der Waals surface area contributed by atoms with Crippen LogP contribution in [0.3, 0.4) is 0 Å². The molecular weight excluding hydrogens is 322 g/mol. The molecule has 2 aliphatic rings. The molecule has 132 valence electrons. The monoisotopic (exact) mass is 349 g/mol. The highest BCUT2D eigenvalue weighted by Gasteiger charge is 2.28. The summed E-state index contributed by atoms with van der Waals surface area (Å²) in [5.41, 5.74) is 2.46. The highest BCUT2D eigenvalue weighted by molar-refractivity contribution is 6.30. The molecule has 5 heteroatoms. The van der Waals surface area contributed by atoms with Crippen LogP contribution >= 0.6 is 11.6 Å². The number of nitrogens with one attached hydrogen (secondary N) is 1. The van der Waals surface area contributed by atoms with Crippen molar-refractivity contribution in [1.82, 2.24) is 10.2 Å². The molecule has 1 amide bonds. The maximum absolute atomic E-state index is 12.5. The number of rotatable bonds is 4. The molecule has 1 saturated carbocycles. The number of aryl methyl sites for hydroxylation is 1. The lowest BCUT2D eigenvalue weighted by atomic mass is 10.1. The molecule has 4 nitrogen and oxygen atoms in total. The molecule has 1 aliphatic carbocycles. The van der Waals surface area contributed by atoms with Crippen LogP contribution in [0.5, 0.6) is 0 Å². The number of anilines is 1. The van der Waals surface area contributed by atoms with E-state index in [0.717, 1.165) is 44.0 Å². The first-order valence-electron chi connectivity index (χ1n) is 9.10.